The van der Waals surface area contributed by atoms with Crippen molar-refractivity contribution in [1.29, 1.82) is 0 Å². The molecule has 0 radical (unpaired) electrons. The summed E-state index contributed by atoms with van der Waals surface area (Å²) >= 11 is 0. The molecule has 1 aromatic heterocycles. The Bertz CT molecular complexity index is 874. The van der Waals surface area contributed by atoms with Crippen molar-refractivity contribution in [3.05, 3.63) is 54.6 Å². The molecule has 1 fully saturated rings. The maximum Gasteiger partial charge on any atom is 0.247 e. The van der Waals surface area contributed by atoms with Crippen molar-refractivity contribution < 1.29 is 9.64 Å². The predicted molar refractivity (Wildman–Crippen MR) is 113 cm³/mol. The van der Waals surface area contributed by atoms with Gasteiger partial charge in [0.25, 0.3) is 0 Å². The number of nitrogens with zero attached hydrogens (tertiary/aromatic N) is 5. The zero-order valence-electron chi connectivity index (χ0n) is 16.8. The van der Waals surface area contributed by atoms with Crippen LogP contribution in [-0.4, -0.2) is 66.6 Å². The van der Waals surface area contributed by atoms with Crippen molar-refractivity contribution in [1.82, 2.24) is 20.2 Å². The summed E-state index contributed by atoms with van der Waals surface area (Å²) in [5.41, 5.74) is 2.24. The standard InChI is InChI=1S/C21H27N7O/c1-29-20-10-8-18(9-11-20)27-16-14-26(15-17-27)13-5-12-22-21-23-24-25-28(21)19-6-3-2-4-7-19/h2-4,6-11H,5,12-17H2,1H3,(H,22,23,25)/p+1. The van der Waals surface area contributed by atoms with Crippen LogP contribution in [0.2, 0.25) is 0 Å². The van der Waals surface area contributed by atoms with Gasteiger partial charge in [-0.05, 0) is 46.8 Å². The summed E-state index contributed by atoms with van der Waals surface area (Å²) in [5, 5.41) is 15.3. The number of benzene rings is 2. The highest BCUT2D eigenvalue weighted by Gasteiger charge is 2.19. The molecule has 0 saturated carbocycles. The summed E-state index contributed by atoms with van der Waals surface area (Å²) in [6.45, 7) is 6.50. The molecule has 0 aliphatic carbocycles. The van der Waals surface area contributed by atoms with Gasteiger partial charge in [-0.25, -0.2) is 0 Å². The van der Waals surface area contributed by atoms with Crippen LogP contribution in [0.25, 0.3) is 5.69 Å². The normalized spacial score (nSPS) is 14.7. The molecule has 2 heterocycles. The minimum Gasteiger partial charge on any atom is -0.497 e. The van der Waals surface area contributed by atoms with Crippen molar-refractivity contribution in [2.45, 2.75) is 6.42 Å². The van der Waals surface area contributed by atoms with Crippen LogP contribution < -0.4 is 19.9 Å². The Morgan fingerprint density at radius 3 is 2.48 bits per heavy atom. The first-order chi connectivity index (χ1) is 14.3. The molecule has 0 bridgehead atoms. The number of anilines is 2. The number of hydrogen-bond acceptors (Lipinski definition) is 6. The van der Waals surface area contributed by atoms with Gasteiger partial charge in [0, 0.05) is 18.7 Å². The maximum absolute atomic E-state index is 5.25. The molecule has 1 aliphatic heterocycles. The quantitative estimate of drug-likeness (QED) is 0.553. The van der Waals surface area contributed by atoms with Gasteiger partial charge >= 0.3 is 0 Å². The van der Waals surface area contributed by atoms with E-state index >= 15 is 0 Å². The number of nitrogens with one attached hydrogen (secondary N) is 2. The van der Waals surface area contributed by atoms with Gasteiger partial charge in [0.15, 0.2) is 0 Å². The van der Waals surface area contributed by atoms with E-state index in [0.717, 1.165) is 57.1 Å². The number of tetrazole rings is 1. The van der Waals surface area contributed by atoms with E-state index in [-0.39, 0.29) is 0 Å². The zero-order valence-corrected chi connectivity index (χ0v) is 16.8. The molecular weight excluding hydrogens is 366 g/mol. The molecule has 1 saturated heterocycles. The molecular formula is C21H28N7O+. The number of piperazine rings is 1. The van der Waals surface area contributed by atoms with Gasteiger partial charge in [0.05, 0.1) is 45.5 Å². The molecule has 3 aromatic rings. The number of ether oxygens (including phenoxy) is 1. The number of rotatable bonds is 8. The van der Waals surface area contributed by atoms with Crippen molar-refractivity contribution in [3.8, 4) is 11.4 Å². The van der Waals surface area contributed by atoms with Gasteiger partial charge < -0.3 is 19.9 Å². The monoisotopic (exact) mass is 394 g/mol. The summed E-state index contributed by atoms with van der Waals surface area (Å²) in [6, 6.07) is 18.3. The van der Waals surface area contributed by atoms with Gasteiger partial charge in [-0.1, -0.05) is 23.3 Å². The third kappa shape index (κ3) is 4.83. The lowest BCUT2D eigenvalue weighted by atomic mass is 10.2. The van der Waals surface area contributed by atoms with Crippen molar-refractivity contribution in [2.24, 2.45) is 0 Å². The molecule has 8 nitrogen and oxygen atoms in total. The molecule has 29 heavy (non-hydrogen) atoms. The van der Waals surface area contributed by atoms with Gasteiger partial charge in [0.2, 0.25) is 5.95 Å². The SMILES string of the molecule is COc1ccc(N2CC[NH+](CCCNc3nnnn3-c3ccccc3)CC2)cc1. The first-order valence-electron chi connectivity index (χ1n) is 10.1. The van der Waals surface area contributed by atoms with Gasteiger partial charge in [-0.2, -0.15) is 4.68 Å². The van der Waals surface area contributed by atoms with Crippen LogP contribution >= 0.6 is 0 Å². The number of aromatic nitrogens is 4. The lowest BCUT2D eigenvalue weighted by Gasteiger charge is -2.33. The van der Waals surface area contributed by atoms with Crippen LogP contribution in [0.15, 0.2) is 54.6 Å². The summed E-state index contributed by atoms with van der Waals surface area (Å²) in [6.07, 6.45) is 1.08. The highest BCUT2D eigenvalue weighted by Crippen LogP contribution is 2.19. The molecule has 0 atom stereocenters. The van der Waals surface area contributed by atoms with E-state index in [4.69, 9.17) is 4.74 Å². The van der Waals surface area contributed by atoms with Crippen LogP contribution in [0, 0.1) is 0 Å². The molecule has 0 amide bonds. The van der Waals surface area contributed by atoms with Crippen LogP contribution in [-0.2, 0) is 0 Å². The third-order valence-corrected chi connectivity index (χ3v) is 5.37. The Morgan fingerprint density at radius 2 is 1.76 bits per heavy atom. The molecule has 0 unspecified atom stereocenters. The second kappa shape index (κ2) is 9.38. The molecule has 2 N–H and O–H groups in total. The fourth-order valence-electron chi connectivity index (χ4n) is 3.70. The van der Waals surface area contributed by atoms with E-state index in [1.54, 1.807) is 16.7 Å². The lowest BCUT2D eigenvalue weighted by Crippen LogP contribution is -3.14. The van der Waals surface area contributed by atoms with E-state index in [1.807, 2.05) is 42.5 Å². The van der Waals surface area contributed by atoms with Gasteiger partial charge in [-0.3, -0.25) is 0 Å². The summed E-state index contributed by atoms with van der Waals surface area (Å²) in [4.78, 5) is 4.11. The zero-order chi connectivity index (χ0) is 19.9. The van der Waals surface area contributed by atoms with Crippen molar-refractivity contribution in [2.75, 3.05) is 56.6 Å². The molecule has 2 aromatic carbocycles. The summed E-state index contributed by atoms with van der Waals surface area (Å²) < 4.78 is 6.98. The number of hydrogen-bond donors (Lipinski definition) is 2. The molecule has 152 valence electrons. The first-order valence-corrected chi connectivity index (χ1v) is 10.1. The number of methoxy groups -OCH3 is 1. The lowest BCUT2D eigenvalue weighted by molar-refractivity contribution is -0.900. The minimum absolute atomic E-state index is 0.690. The average Bonchev–Trinajstić information content (AvgIpc) is 3.26. The molecule has 1 aliphatic rings. The molecule has 4 rings (SSSR count). The molecule has 0 spiro atoms. The largest absolute Gasteiger partial charge is 0.497 e. The van der Waals surface area contributed by atoms with Gasteiger partial charge in [0.1, 0.15) is 5.75 Å². The van der Waals surface area contributed by atoms with Crippen LogP contribution in [0.4, 0.5) is 11.6 Å². The van der Waals surface area contributed by atoms with Gasteiger partial charge in [-0.15, -0.1) is 0 Å². The Balaban J connectivity index is 1.19. The highest BCUT2D eigenvalue weighted by atomic mass is 16.5. The van der Waals surface area contributed by atoms with Crippen molar-refractivity contribution >= 4 is 11.6 Å². The Labute approximate surface area is 171 Å². The van der Waals surface area contributed by atoms with E-state index in [9.17, 15) is 0 Å². The number of quaternary nitrogens is 1. The third-order valence-electron chi connectivity index (χ3n) is 5.37. The highest BCUT2D eigenvalue weighted by molar-refractivity contribution is 5.49. The first kappa shape index (κ1) is 19.2. The molecule has 8 heteroatoms. The second-order valence-corrected chi connectivity index (χ2v) is 7.22. The van der Waals surface area contributed by atoms with E-state index in [0.29, 0.717) is 5.95 Å². The van der Waals surface area contributed by atoms with E-state index < -0.39 is 0 Å². The summed E-state index contributed by atoms with van der Waals surface area (Å²) in [7, 11) is 1.70. The maximum atomic E-state index is 5.25. The van der Waals surface area contributed by atoms with E-state index in [2.05, 4.69) is 37.9 Å². The van der Waals surface area contributed by atoms with Crippen molar-refractivity contribution in [3.63, 3.8) is 0 Å². The Hall–Kier alpha value is -3.13. The summed E-state index contributed by atoms with van der Waals surface area (Å²) in [5.74, 6) is 1.60. The van der Waals surface area contributed by atoms with Crippen LogP contribution in [0.1, 0.15) is 6.42 Å². The fourth-order valence-corrected chi connectivity index (χ4v) is 3.70. The van der Waals surface area contributed by atoms with Crippen LogP contribution in [0.5, 0.6) is 5.75 Å². The number of para-hydroxylation sites is 1. The smallest absolute Gasteiger partial charge is 0.247 e. The average molecular weight is 395 g/mol. The van der Waals surface area contributed by atoms with E-state index in [1.165, 1.54) is 5.69 Å². The Kier molecular flexibility index (Phi) is 6.21. The minimum atomic E-state index is 0.690. The topological polar surface area (TPSA) is 72.5 Å². The second-order valence-electron chi connectivity index (χ2n) is 7.22. The Morgan fingerprint density at radius 1 is 1.00 bits per heavy atom. The predicted octanol–water partition coefficient (Wildman–Crippen LogP) is 0.878. The fraction of sp³-hybridized carbons (Fsp3) is 0.381. The van der Waals surface area contributed by atoms with Crippen LogP contribution in [0.3, 0.4) is 0 Å².